The Balaban J connectivity index is 0.000000152. The van der Waals surface area contributed by atoms with E-state index in [0.29, 0.717) is 47.3 Å². The normalized spacial score (nSPS) is 14.1. The quantitative estimate of drug-likeness (QED) is 0.0341. The lowest BCUT2D eigenvalue weighted by Gasteiger charge is -2.25. The third-order valence-electron chi connectivity index (χ3n) is 23.7. The number of rotatable bonds is 23. The number of nitrogens with two attached hydrogens (primary N) is 1. The molecule has 9 aromatic carbocycles. The topological polar surface area (TPSA) is 356 Å². The van der Waals surface area contributed by atoms with Crippen LogP contribution in [0.5, 0.6) is 0 Å². The molecule has 3 aliphatic carbocycles. The number of carbonyl (C=O) groups is 4. The van der Waals surface area contributed by atoms with Crippen LogP contribution in [-0.4, -0.2) is 116 Å². The fourth-order valence-corrected chi connectivity index (χ4v) is 19.0. The fourth-order valence-electron chi connectivity index (χ4n) is 16.0. The number of nitrogen functional groups attached to an aromatic ring is 1. The van der Waals surface area contributed by atoms with E-state index in [1.54, 1.807) is 110 Å². The first-order valence-corrected chi connectivity index (χ1v) is 50.0. The average molecular weight is 1910 g/mol. The van der Waals surface area contributed by atoms with Crippen LogP contribution in [0.1, 0.15) is 204 Å². The SMILES string of the molecule is C#[N+]C(c1ccc(C)cc1)S(=O)(=O)c1ccccc1.C1CCOC1.Cc1ccc(-c2ncn(C3CCCCC3)c2-c2ccnc(N)n2)cc1.Cc1ccc(-c2ncn(C3CCCCC3)c2-c2ccnc(NC(=O)OCc3ccccc3)n2)cc1.Cc1ccc(C(NC=O)S(=O)(=O)c2ccc(C)cc2)cc1.Cc1ccc(C=O)cc1.O=C(Nc1nccc(C=NC2CCCCC2)n1)OCc1ccccc1. The van der Waals surface area contributed by atoms with Crippen molar-refractivity contribution in [2.24, 2.45) is 4.99 Å². The number of aliphatic imine (C=N–C) groups is 1. The van der Waals surface area contributed by atoms with Gasteiger partial charge in [-0.05, 0) is 164 Å². The Morgan fingerprint density at radius 2 is 0.863 bits per heavy atom. The number of aldehydes is 1. The van der Waals surface area contributed by atoms with Crippen molar-refractivity contribution in [2.75, 3.05) is 29.6 Å². The molecule has 4 fully saturated rings. The molecule has 718 valence electrons. The molecule has 1 saturated heterocycles. The number of imidazole rings is 2. The Labute approximate surface area is 814 Å². The highest BCUT2D eigenvalue weighted by atomic mass is 32.2. The highest BCUT2D eigenvalue weighted by Crippen LogP contribution is 2.41. The number of sulfone groups is 2. The van der Waals surface area contributed by atoms with Crippen molar-refractivity contribution in [1.82, 2.24) is 54.3 Å². The number of benzene rings is 9. The summed E-state index contributed by atoms with van der Waals surface area (Å²) in [5.74, 6) is 0.709. The van der Waals surface area contributed by atoms with E-state index in [0.717, 1.165) is 124 Å². The smallest absolute Gasteiger partial charge is 0.414 e. The third-order valence-corrected chi connectivity index (χ3v) is 27.5. The van der Waals surface area contributed by atoms with Crippen LogP contribution in [-0.2, 0) is 51.9 Å². The monoisotopic (exact) mass is 1910 g/mol. The molecule has 3 saturated carbocycles. The van der Waals surface area contributed by atoms with Gasteiger partial charge in [0, 0.05) is 66.8 Å². The fraction of sp³-hybridized carbons (Fsp3) is 0.291. The molecule has 2 unspecified atom stereocenters. The Bertz CT molecular complexity index is 6530. The van der Waals surface area contributed by atoms with E-state index >= 15 is 0 Å². The lowest BCUT2D eigenvalue weighted by molar-refractivity contribution is -0.109. The van der Waals surface area contributed by atoms with Crippen LogP contribution in [0, 0.1) is 48.1 Å². The molecule has 139 heavy (non-hydrogen) atoms. The molecule has 18 rings (SSSR count). The van der Waals surface area contributed by atoms with Crippen molar-refractivity contribution in [1.29, 1.82) is 0 Å². The minimum absolute atomic E-state index is 0.179. The number of carbonyl (C=O) groups excluding carboxylic acids is 4. The molecule has 1 aliphatic heterocycles. The Morgan fingerprint density at radius 1 is 0.460 bits per heavy atom. The summed E-state index contributed by atoms with van der Waals surface area (Å²) in [6.07, 6.45) is 31.6. The summed E-state index contributed by atoms with van der Waals surface area (Å²) < 4.78 is 70.4. The van der Waals surface area contributed by atoms with Gasteiger partial charge in [-0.1, -0.05) is 296 Å². The second-order valence-corrected chi connectivity index (χ2v) is 38.4. The van der Waals surface area contributed by atoms with Gasteiger partial charge in [0.2, 0.25) is 34.1 Å². The first-order valence-electron chi connectivity index (χ1n) is 47.0. The van der Waals surface area contributed by atoms with Gasteiger partial charge in [0.25, 0.3) is 16.4 Å². The van der Waals surface area contributed by atoms with E-state index < -0.39 is 42.6 Å². The summed E-state index contributed by atoms with van der Waals surface area (Å²) in [7, 11) is -7.30. The Hall–Kier alpha value is -14.9. The van der Waals surface area contributed by atoms with E-state index in [1.165, 1.54) is 100 Å². The number of anilines is 3. The molecule has 5 N–H and O–H groups in total. The van der Waals surface area contributed by atoms with E-state index in [4.69, 9.17) is 36.5 Å². The van der Waals surface area contributed by atoms with Crippen molar-refractivity contribution in [3.8, 4) is 51.9 Å². The first-order chi connectivity index (χ1) is 67.5. The second-order valence-electron chi connectivity index (χ2n) is 34.4. The molecule has 4 aliphatic rings. The van der Waals surface area contributed by atoms with Crippen LogP contribution in [0.25, 0.3) is 50.1 Å². The van der Waals surface area contributed by atoms with Crippen molar-refractivity contribution in [3.05, 3.63) is 358 Å². The Kier molecular flexibility index (Phi) is 39.3. The number of ether oxygens (including phenoxy) is 3. The Morgan fingerprint density at radius 3 is 1.30 bits per heavy atom. The molecule has 0 spiro atoms. The van der Waals surface area contributed by atoms with E-state index in [2.05, 4.69) is 127 Å². The number of nitrogens with one attached hydrogen (secondary N) is 3. The largest absolute Gasteiger partial charge is 0.444 e. The van der Waals surface area contributed by atoms with Gasteiger partial charge in [-0.3, -0.25) is 25.2 Å². The van der Waals surface area contributed by atoms with E-state index in [9.17, 15) is 36.0 Å². The number of hydrogen-bond donors (Lipinski definition) is 4. The number of aryl methyl sites for hydroxylation is 6. The van der Waals surface area contributed by atoms with Gasteiger partial charge in [-0.25, -0.2) is 66.3 Å². The highest BCUT2D eigenvalue weighted by molar-refractivity contribution is 7.92. The zero-order chi connectivity index (χ0) is 98.1. The van der Waals surface area contributed by atoms with Crippen LogP contribution in [0.15, 0.2) is 301 Å². The molecule has 3 amide bonds. The number of aromatic nitrogens is 10. The molecular weight excluding hydrogens is 1790 g/mol. The van der Waals surface area contributed by atoms with E-state index in [-0.39, 0.29) is 34.9 Å². The lowest BCUT2D eigenvalue weighted by atomic mass is 9.95. The summed E-state index contributed by atoms with van der Waals surface area (Å²) in [6, 6.07) is 79.1. The zero-order valence-electron chi connectivity index (χ0n) is 79.4. The zero-order valence-corrected chi connectivity index (χ0v) is 81.1. The van der Waals surface area contributed by atoms with Crippen LogP contribution in [0.2, 0.25) is 0 Å². The predicted octanol–water partition coefficient (Wildman–Crippen LogP) is 23.5. The minimum atomic E-state index is -3.69. The number of nitrogens with zero attached hydrogens (tertiary/aromatic N) is 12. The van der Waals surface area contributed by atoms with Gasteiger partial charge in [-0.2, -0.15) is 0 Å². The summed E-state index contributed by atoms with van der Waals surface area (Å²) in [6.45, 7) is 19.6. The standard InChI is InChI=1S/C28H29N5O2.C20H23N5.C19H22N4O2.C16H17NO3S.C15H14NO2S.C8H8O.C4H8O/c1-20-12-14-22(15-13-20)25-26(33(19-30-25)23-10-6-3-7-11-23)24-16-17-29-27(31-24)32-28(34)35-18-21-8-4-2-5-9-21;1-14-7-9-15(10-8-14)18-19(17-11-12-22-20(21)24-17)25(13-23-18)16-5-3-2-4-6-16;24-19(25-14-15-7-3-1-4-8-15)23-18-20-12-11-17(22-18)13-21-16-9-5-2-6-10-16;1-12-3-7-14(8-4-12)16(17-11-18)21(19,20)15-9-5-13(2)6-10-15;1-12-8-10-13(11-9-12)15(16-2)19(17,18)14-6-4-3-5-7-14;1-7-2-4-8(6-9)5-3-7;1-2-4-5-3-1/h2,4-5,8-9,12-17,19,23H,3,6-7,10-11,18H2,1H3,(H,29,31,32,34);7-13,16H,2-6H2,1H3,(H2,21,22,24);1,3-4,7-8,11-13,16H,2,5-6,9-10,14H2,(H,20,22,23,24);3-11,16H,1-2H3,(H,17,18);2-11,15H,1H3;2-6H,1H3;1-4H2/q;;;;+1;;. The van der Waals surface area contributed by atoms with E-state index in [1.807, 2.05) is 162 Å². The third kappa shape index (κ3) is 31.3. The molecule has 14 aromatic rings. The molecule has 27 nitrogen and oxygen atoms in total. The first kappa shape index (κ1) is 103. The number of amides is 3. The van der Waals surface area contributed by atoms with Gasteiger partial charge in [-0.15, -0.1) is 0 Å². The van der Waals surface area contributed by atoms with Gasteiger partial charge in [0.05, 0.1) is 73.9 Å². The van der Waals surface area contributed by atoms with Gasteiger partial charge in [0.15, 0.2) is 5.37 Å². The van der Waals surface area contributed by atoms with Gasteiger partial charge < -0.3 is 34.4 Å². The molecule has 29 heteroatoms. The lowest BCUT2D eigenvalue weighted by Crippen LogP contribution is -2.27. The summed E-state index contributed by atoms with van der Waals surface area (Å²) in [5, 5.41) is 5.46. The maximum absolute atomic E-state index is 12.7. The minimum Gasteiger partial charge on any atom is -0.444 e. The molecule has 6 heterocycles. The molecular formula is C110H121N16O11S2+. The second kappa shape index (κ2) is 53.0. The van der Waals surface area contributed by atoms with Crippen LogP contribution in [0.3, 0.4) is 0 Å². The maximum atomic E-state index is 12.7. The van der Waals surface area contributed by atoms with Gasteiger partial charge in [0.1, 0.15) is 19.5 Å². The molecule has 0 bridgehead atoms. The summed E-state index contributed by atoms with van der Waals surface area (Å²) in [4.78, 5) is 89.1. The van der Waals surface area contributed by atoms with Gasteiger partial charge >= 0.3 is 17.6 Å². The summed E-state index contributed by atoms with van der Waals surface area (Å²) >= 11 is 0. The number of hydrogen-bond acceptors (Lipinski definition) is 21. The van der Waals surface area contributed by atoms with Crippen molar-refractivity contribution in [2.45, 2.75) is 203 Å². The van der Waals surface area contributed by atoms with Crippen LogP contribution >= 0.6 is 0 Å². The predicted molar refractivity (Wildman–Crippen MR) is 546 cm³/mol. The molecule has 0 radical (unpaired) electrons. The van der Waals surface area contributed by atoms with Crippen molar-refractivity contribution in [3.63, 3.8) is 0 Å². The molecule has 2 atom stereocenters. The van der Waals surface area contributed by atoms with Crippen LogP contribution in [0.4, 0.5) is 27.4 Å². The summed E-state index contributed by atoms with van der Waals surface area (Å²) in [5.41, 5.74) is 24.4. The highest BCUT2D eigenvalue weighted by Gasteiger charge is 2.38. The maximum Gasteiger partial charge on any atom is 0.414 e. The van der Waals surface area contributed by atoms with Crippen molar-refractivity contribution < 1.29 is 50.2 Å². The van der Waals surface area contributed by atoms with Crippen molar-refractivity contribution >= 4 is 68.6 Å². The molecule has 5 aromatic heterocycles. The van der Waals surface area contributed by atoms with Crippen LogP contribution < -0.4 is 21.7 Å². The average Bonchev–Trinajstić information content (AvgIpc) is 1.60.